The van der Waals surface area contributed by atoms with Crippen LogP contribution < -0.4 is 5.32 Å². The van der Waals surface area contributed by atoms with Crippen molar-refractivity contribution < 1.29 is 4.79 Å². The maximum absolute atomic E-state index is 12.1. The summed E-state index contributed by atoms with van der Waals surface area (Å²) in [5, 5.41) is 13.6. The van der Waals surface area contributed by atoms with Gasteiger partial charge in [0.2, 0.25) is 5.91 Å². The average Bonchev–Trinajstić information content (AvgIpc) is 3.04. The van der Waals surface area contributed by atoms with Crippen molar-refractivity contribution in [3.8, 4) is 0 Å². The molecule has 0 radical (unpaired) electrons. The fraction of sp³-hybridized carbons (Fsp3) is 0.533. The van der Waals surface area contributed by atoms with Crippen molar-refractivity contribution in [1.82, 2.24) is 20.1 Å². The van der Waals surface area contributed by atoms with Gasteiger partial charge in [-0.1, -0.05) is 12.5 Å². The number of carbonyl (C=O) groups excluding carboxylic acids is 1. The van der Waals surface area contributed by atoms with E-state index in [-0.39, 0.29) is 11.9 Å². The van der Waals surface area contributed by atoms with Crippen LogP contribution in [0, 0.1) is 0 Å². The molecule has 1 amide bonds. The number of hydrogen-bond donors (Lipinski definition) is 1. The Morgan fingerprint density at radius 1 is 1.43 bits per heavy atom. The molecule has 0 fully saturated rings. The molecule has 1 aliphatic rings. The summed E-state index contributed by atoms with van der Waals surface area (Å²) in [4.78, 5) is 13.2. The second-order valence-electron chi connectivity index (χ2n) is 5.48. The van der Waals surface area contributed by atoms with Crippen molar-refractivity contribution in [3.63, 3.8) is 0 Å². The minimum Gasteiger partial charge on any atom is -0.346 e. The maximum Gasteiger partial charge on any atom is 0.225 e. The number of nitrogens with one attached hydrogen (secondary N) is 1. The Morgan fingerprint density at radius 3 is 3.14 bits per heavy atom. The summed E-state index contributed by atoms with van der Waals surface area (Å²) in [5.74, 6) is 1.98. The lowest BCUT2D eigenvalue weighted by molar-refractivity contribution is -0.121. The number of aryl methyl sites for hydroxylation is 1. The number of fused-ring (bicyclic) bond motifs is 1. The van der Waals surface area contributed by atoms with Gasteiger partial charge in [0.15, 0.2) is 5.82 Å². The number of nitrogens with zero attached hydrogens (tertiary/aromatic N) is 3. The highest BCUT2D eigenvalue weighted by atomic mass is 32.1. The lowest BCUT2D eigenvalue weighted by Crippen LogP contribution is -2.30. The molecule has 0 aromatic carbocycles. The van der Waals surface area contributed by atoms with Gasteiger partial charge in [0.05, 0.1) is 12.5 Å². The molecular formula is C15H20N4OS. The molecule has 0 aliphatic carbocycles. The van der Waals surface area contributed by atoms with Crippen LogP contribution in [0.5, 0.6) is 0 Å². The number of rotatable bonds is 4. The third-order valence-electron chi connectivity index (χ3n) is 3.82. The third kappa shape index (κ3) is 3.32. The first-order valence-electron chi connectivity index (χ1n) is 7.48. The van der Waals surface area contributed by atoms with Crippen LogP contribution in [0.15, 0.2) is 17.5 Å². The van der Waals surface area contributed by atoms with Crippen molar-refractivity contribution in [2.24, 2.45) is 0 Å². The highest BCUT2D eigenvalue weighted by molar-refractivity contribution is 7.10. The Hall–Kier alpha value is -1.69. The SMILES string of the molecule is CC(NC(=O)Cc1cccs1)c1nnc2n1CCCCC2. The molecule has 1 unspecified atom stereocenters. The van der Waals surface area contributed by atoms with Crippen LogP contribution in [0.2, 0.25) is 0 Å². The van der Waals surface area contributed by atoms with Crippen LogP contribution in [0.3, 0.4) is 0 Å². The maximum atomic E-state index is 12.1. The first-order valence-corrected chi connectivity index (χ1v) is 8.35. The van der Waals surface area contributed by atoms with Crippen LogP contribution in [0.25, 0.3) is 0 Å². The Kier molecular flexibility index (Phi) is 4.34. The van der Waals surface area contributed by atoms with E-state index in [4.69, 9.17) is 0 Å². The summed E-state index contributed by atoms with van der Waals surface area (Å²) in [7, 11) is 0. The number of hydrogen-bond acceptors (Lipinski definition) is 4. The number of amides is 1. The van der Waals surface area contributed by atoms with E-state index in [9.17, 15) is 4.79 Å². The van der Waals surface area contributed by atoms with Crippen molar-refractivity contribution >= 4 is 17.2 Å². The predicted molar refractivity (Wildman–Crippen MR) is 82.2 cm³/mol. The van der Waals surface area contributed by atoms with Gasteiger partial charge in [-0.05, 0) is 31.2 Å². The molecule has 1 N–H and O–H groups in total. The van der Waals surface area contributed by atoms with Crippen LogP contribution >= 0.6 is 11.3 Å². The summed E-state index contributed by atoms with van der Waals surface area (Å²) in [6.45, 7) is 2.94. The van der Waals surface area contributed by atoms with E-state index < -0.39 is 0 Å². The standard InChI is InChI=1S/C15H20N4OS/c1-11(16-14(20)10-12-6-5-9-21-12)15-18-17-13-7-3-2-4-8-19(13)15/h5-6,9,11H,2-4,7-8,10H2,1H3,(H,16,20). The number of thiophene rings is 1. The summed E-state index contributed by atoms with van der Waals surface area (Å²) in [6, 6.07) is 3.85. The molecule has 1 aliphatic heterocycles. The normalized spacial score (nSPS) is 16.0. The first kappa shape index (κ1) is 14.3. The number of aromatic nitrogens is 3. The molecule has 1 atom stereocenters. The van der Waals surface area contributed by atoms with Gasteiger partial charge >= 0.3 is 0 Å². The van der Waals surface area contributed by atoms with Crippen molar-refractivity contribution in [1.29, 1.82) is 0 Å². The van der Waals surface area contributed by atoms with Gasteiger partial charge in [0.25, 0.3) is 0 Å². The van der Waals surface area contributed by atoms with Gasteiger partial charge in [-0.2, -0.15) is 0 Å². The average molecular weight is 304 g/mol. The second kappa shape index (κ2) is 6.39. The van der Waals surface area contributed by atoms with Crippen molar-refractivity contribution in [2.75, 3.05) is 0 Å². The van der Waals surface area contributed by atoms with Gasteiger partial charge in [0.1, 0.15) is 5.82 Å². The van der Waals surface area contributed by atoms with E-state index in [0.29, 0.717) is 6.42 Å². The summed E-state index contributed by atoms with van der Waals surface area (Å²) >= 11 is 1.61. The zero-order chi connectivity index (χ0) is 14.7. The summed E-state index contributed by atoms with van der Waals surface area (Å²) in [6.07, 6.45) is 5.00. The Labute approximate surface area is 128 Å². The Morgan fingerprint density at radius 2 is 2.33 bits per heavy atom. The molecule has 0 saturated carbocycles. The quantitative estimate of drug-likeness (QED) is 0.944. The molecule has 5 nitrogen and oxygen atoms in total. The molecule has 21 heavy (non-hydrogen) atoms. The third-order valence-corrected chi connectivity index (χ3v) is 4.69. The zero-order valence-electron chi connectivity index (χ0n) is 12.2. The van der Waals surface area contributed by atoms with E-state index in [0.717, 1.165) is 35.9 Å². The van der Waals surface area contributed by atoms with Crippen LogP contribution in [-0.4, -0.2) is 20.7 Å². The van der Waals surface area contributed by atoms with Crippen molar-refractivity contribution in [3.05, 3.63) is 34.0 Å². The van der Waals surface area contributed by atoms with Gasteiger partial charge in [-0.15, -0.1) is 21.5 Å². The van der Waals surface area contributed by atoms with E-state index in [1.165, 1.54) is 12.8 Å². The zero-order valence-corrected chi connectivity index (χ0v) is 13.0. The fourth-order valence-electron chi connectivity index (χ4n) is 2.76. The fourth-order valence-corrected chi connectivity index (χ4v) is 3.46. The van der Waals surface area contributed by atoms with Crippen molar-refractivity contribution in [2.45, 2.75) is 51.6 Å². The largest absolute Gasteiger partial charge is 0.346 e. The first-order chi connectivity index (χ1) is 10.2. The number of carbonyl (C=O) groups is 1. The van der Waals surface area contributed by atoms with Gasteiger partial charge in [0, 0.05) is 17.8 Å². The summed E-state index contributed by atoms with van der Waals surface area (Å²) in [5.41, 5.74) is 0. The molecule has 6 heteroatoms. The lowest BCUT2D eigenvalue weighted by Gasteiger charge is -2.15. The molecule has 3 heterocycles. The van der Waals surface area contributed by atoms with E-state index >= 15 is 0 Å². The highest BCUT2D eigenvalue weighted by Crippen LogP contribution is 2.19. The minimum atomic E-state index is -0.100. The molecule has 2 aromatic rings. The Balaban J connectivity index is 1.66. The molecule has 112 valence electrons. The van der Waals surface area contributed by atoms with Gasteiger partial charge in [-0.3, -0.25) is 4.79 Å². The monoisotopic (exact) mass is 304 g/mol. The van der Waals surface area contributed by atoms with Gasteiger partial charge in [-0.25, -0.2) is 0 Å². The molecule has 3 rings (SSSR count). The van der Waals surface area contributed by atoms with Gasteiger partial charge < -0.3 is 9.88 Å². The lowest BCUT2D eigenvalue weighted by atomic mass is 10.2. The predicted octanol–water partition coefficient (Wildman–Crippen LogP) is 2.49. The summed E-state index contributed by atoms with van der Waals surface area (Å²) < 4.78 is 2.18. The van der Waals surface area contributed by atoms with E-state index in [1.54, 1.807) is 11.3 Å². The molecular weight excluding hydrogens is 284 g/mol. The van der Waals surface area contributed by atoms with Crippen LogP contribution in [-0.2, 0) is 24.2 Å². The Bertz CT molecular complexity index is 605. The smallest absolute Gasteiger partial charge is 0.225 e. The van der Waals surface area contributed by atoms with Crippen LogP contribution in [0.1, 0.15) is 48.8 Å². The molecule has 2 aromatic heterocycles. The topological polar surface area (TPSA) is 59.8 Å². The second-order valence-corrected chi connectivity index (χ2v) is 6.51. The van der Waals surface area contributed by atoms with Crippen LogP contribution in [0.4, 0.5) is 0 Å². The highest BCUT2D eigenvalue weighted by Gasteiger charge is 2.20. The molecule has 0 bridgehead atoms. The van der Waals surface area contributed by atoms with E-state index in [2.05, 4.69) is 20.1 Å². The minimum absolute atomic E-state index is 0.0379. The molecule has 0 saturated heterocycles. The van der Waals surface area contributed by atoms with E-state index in [1.807, 2.05) is 24.4 Å². The molecule has 0 spiro atoms.